The van der Waals surface area contributed by atoms with Crippen molar-refractivity contribution < 1.29 is 28.5 Å². The van der Waals surface area contributed by atoms with Gasteiger partial charge in [-0.15, -0.1) is 0 Å². The Balaban J connectivity index is 1.76. The number of hydrogen-bond donors (Lipinski definition) is 2. The molecule has 0 atom stereocenters. The molecule has 0 aliphatic carbocycles. The second kappa shape index (κ2) is 13.6. The van der Waals surface area contributed by atoms with Crippen LogP contribution >= 0.6 is 11.6 Å². The normalized spacial score (nSPS) is 10.7. The van der Waals surface area contributed by atoms with E-state index >= 15 is 0 Å². The lowest BCUT2D eigenvalue weighted by atomic mass is 10.1. The molecule has 9 nitrogen and oxygen atoms in total. The van der Waals surface area contributed by atoms with Gasteiger partial charge in [-0.05, 0) is 67.1 Å². The maximum absolute atomic E-state index is 12.7. The van der Waals surface area contributed by atoms with Crippen LogP contribution < -0.4 is 29.6 Å². The molecule has 0 bridgehead atoms. The van der Waals surface area contributed by atoms with Crippen LogP contribution in [0.5, 0.6) is 23.0 Å². The average Bonchev–Trinajstić information content (AvgIpc) is 2.92. The van der Waals surface area contributed by atoms with Gasteiger partial charge in [0, 0.05) is 5.69 Å². The summed E-state index contributed by atoms with van der Waals surface area (Å²) >= 11 is 6.44. The maximum Gasteiger partial charge on any atom is 0.266 e. The lowest BCUT2D eigenvalue weighted by Crippen LogP contribution is -2.21. The van der Waals surface area contributed by atoms with E-state index in [0.717, 1.165) is 0 Å². The van der Waals surface area contributed by atoms with Gasteiger partial charge in [-0.3, -0.25) is 9.59 Å². The maximum atomic E-state index is 12.7. The number of benzene rings is 3. The molecule has 2 amide bonds. The number of nitriles is 1. The first kappa shape index (κ1) is 27.9. The first-order valence-electron chi connectivity index (χ1n) is 11.5. The number of para-hydroxylation sites is 2. The number of rotatable bonds is 11. The number of ether oxygens (including phenoxy) is 4. The van der Waals surface area contributed by atoms with Gasteiger partial charge in [0.05, 0.1) is 31.5 Å². The number of halogens is 1. The van der Waals surface area contributed by atoms with Crippen molar-refractivity contribution in [3.8, 4) is 29.1 Å². The summed E-state index contributed by atoms with van der Waals surface area (Å²) in [7, 11) is 3.05. The Labute approximate surface area is 225 Å². The molecule has 0 spiro atoms. The van der Waals surface area contributed by atoms with Gasteiger partial charge in [-0.2, -0.15) is 5.26 Å². The molecule has 0 heterocycles. The molecule has 196 valence electrons. The molecule has 0 saturated heterocycles. The van der Waals surface area contributed by atoms with E-state index in [1.165, 1.54) is 19.3 Å². The number of hydrogen-bond acceptors (Lipinski definition) is 7. The quantitative estimate of drug-likeness (QED) is 0.252. The summed E-state index contributed by atoms with van der Waals surface area (Å²) in [5.41, 5.74) is 1.28. The summed E-state index contributed by atoms with van der Waals surface area (Å²) in [5, 5.41) is 15.1. The predicted octanol–water partition coefficient (Wildman–Crippen LogP) is 5.32. The molecule has 0 aliphatic rings. The minimum Gasteiger partial charge on any atom is -0.497 e. The van der Waals surface area contributed by atoms with E-state index in [1.54, 1.807) is 68.6 Å². The molecular weight excluding hydrogens is 510 g/mol. The first-order valence-corrected chi connectivity index (χ1v) is 11.9. The summed E-state index contributed by atoms with van der Waals surface area (Å²) in [6, 6.07) is 18.7. The smallest absolute Gasteiger partial charge is 0.266 e. The zero-order valence-electron chi connectivity index (χ0n) is 21.0. The SMILES string of the molecule is CCOc1cc(/C=C(/C#N)C(=O)Nc2ccc(OC)cc2)cc(Cl)c1OCC(=O)Nc1ccccc1OC. The molecule has 0 unspecified atom stereocenters. The molecular formula is C28H26ClN3O6. The highest BCUT2D eigenvalue weighted by Gasteiger charge is 2.17. The molecule has 0 aromatic heterocycles. The van der Waals surface area contributed by atoms with Crippen LogP contribution in [0.3, 0.4) is 0 Å². The summed E-state index contributed by atoms with van der Waals surface area (Å²) < 4.78 is 21.7. The van der Waals surface area contributed by atoms with E-state index in [4.69, 9.17) is 30.5 Å². The predicted molar refractivity (Wildman–Crippen MR) is 145 cm³/mol. The van der Waals surface area contributed by atoms with E-state index in [-0.39, 0.29) is 35.3 Å². The van der Waals surface area contributed by atoms with E-state index in [0.29, 0.717) is 28.4 Å². The van der Waals surface area contributed by atoms with Crippen molar-refractivity contribution in [1.29, 1.82) is 5.26 Å². The fourth-order valence-electron chi connectivity index (χ4n) is 3.33. The van der Waals surface area contributed by atoms with Crippen LogP contribution in [0.15, 0.2) is 66.2 Å². The van der Waals surface area contributed by atoms with Gasteiger partial charge in [0.25, 0.3) is 11.8 Å². The second-order valence-electron chi connectivity index (χ2n) is 7.65. The van der Waals surface area contributed by atoms with E-state index in [1.807, 2.05) is 6.07 Å². The zero-order valence-corrected chi connectivity index (χ0v) is 21.8. The highest BCUT2D eigenvalue weighted by molar-refractivity contribution is 6.32. The minimum atomic E-state index is -0.597. The number of nitrogens with zero attached hydrogens (tertiary/aromatic N) is 1. The van der Waals surface area contributed by atoms with Crippen LogP contribution in [0, 0.1) is 11.3 Å². The minimum absolute atomic E-state index is 0.139. The summed E-state index contributed by atoms with van der Waals surface area (Å²) in [4.78, 5) is 25.1. The van der Waals surface area contributed by atoms with Crippen molar-refractivity contribution in [3.63, 3.8) is 0 Å². The number of amides is 2. The molecule has 0 aliphatic heterocycles. The molecule has 0 saturated carbocycles. The lowest BCUT2D eigenvalue weighted by Gasteiger charge is -2.15. The van der Waals surface area contributed by atoms with Crippen molar-refractivity contribution in [3.05, 3.63) is 76.8 Å². The number of anilines is 2. The summed E-state index contributed by atoms with van der Waals surface area (Å²) in [6.45, 7) is 1.72. The Morgan fingerprint density at radius 1 is 0.974 bits per heavy atom. The zero-order chi connectivity index (χ0) is 27.5. The number of carbonyl (C=O) groups excluding carboxylic acids is 2. The molecule has 3 aromatic rings. The van der Waals surface area contributed by atoms with Crippen molar-refractivity contribution >= 4 is 40.9 Å². The second-order valence-corrected chi connectivity index (χ2v) is 8.06. The average molecular weight is 536 g/mol. The molecule has 0 radical (unpaired) electrons. The van der Waals surface area contributed by atoms with Gasteiger partial charge < -0.3 is 29.6 Å². The van der Waals surface area contributed by atoms with E-state index in [2.05, 4.69) is 10.6 Å². The highest BCUT2D eigenvalue weighted by Crippen LogP contribution is 2.37. The molecule has 2 N–H and O–H groups in total. The third kappa shape index (κ3) is 7.41. The van der Waals surface area contributed by atoms with Crippen LogP contribution in [-0.2, 0) is 9.59 Å². The van der Waals surface area contributed by atoms with Crippen molar-refractivity contribution in [1.82, 2.24) is 0 Å². The Morgan fingerprint density at radius 2 is 1.71 bits per heavy atom. The fraction of sp³-hybridized carbons (Fsp3) is 0.179. The third-order valence-corrected chi connectivity index (χ3v) is 5.37. The van der Waals surface area contributed by atoms with Gasteiger partial charge in [0.15, 0.2) is 18.1 Å². The van der Waals surface area contributed by atoms with Gasteiger partial charge in [0.1, 0.15) is 23.1 Å². The van der Waals surface area contributed by atoms with Gasteiger partial charge in [-0.1, -0.05) is 23.7 Å². The fourth-order valence-corrected chi connectivity index (χ4v) is 3.61. The molecule has 38 heavy (non-hydrogen) atoms. The summed E-state index contributed by atoms with van der Waals surface area (Å²) in [5.74, 6) is 0.524. The Kier molecular flexibility index (Phi) is 9.97. The topological polar surface area (TPSA) is 119 Å². The van der Waals surface area contributed by atoms with Crippen LogP contribution in [0.2, 0.25) is 5.02 Å². The largest absolute Gasteiger partial charge is 0.497 e. The standard InChI is InChI=1S/C28H26ClN3O6/c1-4-37-25-15-18(13-19(16-30)28(34)31-20-9-11-21(35-2)12-10-20)14-22(29)27(25)38-17-26(33)32-23-7-5-6-8-24(23)36-3/h5-15H,4,17H2,1-3H3,(H,31,34)(H,32,33)/b19-13-. The van der Waals surface area contributed by atoms with Crippen molar-refractivity contribution in [2.75, 3.05) is 38.1 Å². The van der Waals surface area contributed by atoms with Crippen molar-refractivity contribution in [2.45, 2.75) is 6.92 Å². The molecule has 3 rings (SSSR count). The Morgan fingerprint density at radius 3 is 2.37 bits per heavy atom. The van der Waals surface area contributed by atoms with E-state index in [9.17, 15) is 14.9 Å². The van der Waals surface area contributed by atoms with Crippen LogP contribution in [-0.4, -0.2) is 39.2 Å². The van der Waals surface area contributed by atoms with Crippen molar-refractivity contribution in [2.24, 2.45) is 0 Å². The van der Waals surface area contributed by atoms with E-state index < -0.39 is 11.8 Å². The lowest BCUT2D eigenvalue weighted by molar-refractivity contribution is -0.118. The summed E-state index contributed by atoms with van der Waals surface area (Å²) in [6.07, 6.45) is 1.38. The Bertz CT molecular complexity index is 1370. The van der Waals surface area contributed by atoms with Gasteiger partial charge in [0.2, 0.25) is 0 Å². The number of nitrogens with one attached hydrogen (secondary N) is 2. The number of carbonyl (C=O) groups is 2. The monoisotopic (exact) mass is 535 g/mol. The molecule has 0 fully saturated rings. The van der Waals surface area contributed by atoms with Gasteiger partial charge >= 0.3 is 0 Å². The van der Waals surface area contributed by atoms with Crippen LogP contribution in [0.1, 0.15) is 12.5 Å². The van der Waals surface area contributed by atoms with Gasteiger partial charge in [-0.25, -0.2) is 0 Å². The highest BCUT2D eigenvalue weighted by atomic mass is 35.5. The van der Waals surface area contributed by atoms with Crippen LogP contribution in [0.4, 0.5) is 11.4 Å². The number of methoxy groups -OCH3 is 2. The first-order chi connectivity index (χ1) is 18.4. The van der Waals surface area contributed by atoms with Crippen LogP contribution in [0.25, 0.3) is 6.08 Å². The third-order valence-electron chi connectivity index (χ3n) is 5.08. The molecule has 3 aromatic carbocycles. The molecule has 10 heteroatoms. The Hall–Kier alpha value is -4.68.